The van der Waals surface area contributed by atoms with E-state index in [0.29, 0.717) is 12.5 Å². The van der Waals surface area contributed by atoms with E-state index in [1.165, 1.54) is 16.8 Å². The molecular formula is C37H52INO4Si. The molecule has 0 aliphatic heterocycles. The molecule has 0 saturated heterocycles. The van der Waals surface area contributed by atoms with Gasteiger partial charge in [0.2, 0.25) is 0 Å². The lowest BCUT2D eigenvalue weighted by atomic mass is 9.70. The Balaban J connectivity index is 1.54. The Hall–Kier alpha value is -1.97. The summed E-state index contributed by atoms with van der Waals surface area (Å²) in [6.45, 7) is 17.8. The number of rotatable bonds is 13. The fraction of sp³-hybridized carbons (Fsp3) is 0.568. The molecule has 4 rings (SSSR count). The largest absolute Gasteiger partial charge is 0.460 e. The summed E-state index contributed by atoms with van der Waals surface area (Å²) in [5.41, 5.74) is 0.359. The quantitative estimate of drug-likeness (QED) is 0.0761. The van der Waals surface area contributed by atoms with Gasteiger partial charge in [0, 0.05) is 18.4 Å². The topological polar surface area (TPSA) is 61.6 Å². The van der Waals surface area contributed by atoms with Crippen LogP contribution in [0.15, 0.2) is 65.2 Å². The molecular weight excluding hydrogens is 677 g/mol. The van der Waals surface area contributed by atoms with Crippen molar-refractivity contribution in [2.75, 3.05) is 6.61 Å². The van der Waals surface area contributed by atoms with Crippen molar-refractivity contribution in [1.29, 1.82) is 0 Å². The third-order valence-corrected chi connectivity index (χ3v) is 14.9. The number of hydrogen-bond donors (Lipinski definition) is 0. The first-order chi connectivity index (χ1) is 20.7. The van der Waals surface area contributed by atoms with Crippen molar-refractivity contribution in [2.24, 2.45) is 11.8 Å². The molecule has 1 fully saturated rings. The molecule has 1 aliphatic rings. The van der Waals surface area contributed by atoms with Crippen molar-refractivity contribution >= 4 is 47.3 Å². The van der Waals surface area contributed by atoms with Gasteiger partial charge in [0.05, 0.1) is 9.99 Å². The number of ether oxygens (including phenoxy) is 1. The van der Waals surface area contributed by atoms with Crippen molar-refractivity contribution in [1.82, 2.24) is 5.16 Å². The van der Waals surface area contributed by atoms with Crippen LogP contribution in [0.4, 0.5) is 0 Å². The van der Waals surface area contributed by atoms with Crippen LogP contribution in [0.2, 0.25) is 5.04 Å². The van der Waals surface area contributed by atoms with Gasteiger partial charge in [-0.3, -0.25) is 4.79 Å². The molecule has 3 aromatic rings. The summed E-state index contributed by atoms with van der Waals surface area (Å²) in [5.74, 6) is 2.61. The van der Waals surface area contributed by atoms with Crippen LogP contribution in [0.1, 0.15) is 117 Å². The van der Waals surface area contributed by atoms with Crippen LogP contribution >= 0.6 is 22.6 Å². The van der Waals surface area contributed by atoms with E-state index in [1.807, 2.05) is 20.8 Å². The van der Waals surface area contributed by atoms with E-state index < -0.39 is 13.9 Å². The summed E-state index contributed by atoms with van der Waals surface area (Å²) >= 11 is 2.40. The van der Waals surface area contributed by atoms with E-state index in [4.69, 9.17) is 13.7 Å². The third-order valence-electron chi connectivity index (χ3n) is 8.75. The normalized spacial score (nSPS) is 18.2. The number of benzene rings is 2. The van der Waals surface area contributed by atoms with E-state index >= 15 is 0 Å². The first-order valence-corrected chi connectivity index (χ1v) is 19.3. The fourth-order valence-electron chi connectivity index (χ4n) is 6.86. The lowest BCUT2D eigenvalue weighted by molar-refractivity contribution is -0.155. The van der Waals surface area contributed by atoms with Gasteiger partial charge < -0.3 is 13.7 Å². The van der Waals surface area contributed by atoms with Crippen molar-refractivity contribution < 1.29 is 18.5 Å². The predicted molar refractivity (Wildman–Crippen MR) is 190 cm³/mol. The summed E-state index contributed by atoms with van der Waals surface area (Å²) in [4.78, 5) is 13.1. The Morgan fingerprint density at radius 3 is 2.05 bits per heavy atom. The highest BCUT2D eigenvalue weighted by Crippen LogP contribution is 2.47. The maximum atomic E-state index is 13.1. The molecule has 1 aliphatic carbocycles. The maximum absolute atomic E-state index is 13.1. The minimum atomic E-state index is -2.63. The minimum absolute atomic E-state index is 0.0851. The van der Waals surface area contributed by atoms with Gasteiger partial charge in [-0.05, 0) is 103 Å². The first-order valence-electron chi connectivity index (χ1n) is 16.3. The van der Waals surface area contributed by atoms with Crippen LogP contribution in [0.5, 0.6) is 0 Å². The Morgan fingerprint density at radius 2 is 1.55 bits per heavy atom. The maximum Gasteiger partial charge on any atom is 0.306 e. The summed E-state index contributed by atoms with van der Waals surface area (Å²) in [7, 11) is -2.63. The van der Waals surface area contributed by atoms with E-state index in [0.717, 1.165) is 52.5 Å². The van der Waals surface area contributed by atoms with Crippen LogP contribution in [-0.2, 0) is 14.0 Å². The third kappa shape index (κ3) is 8.43. The first kappa shape index (κ1) is 34.9. The van der Waals surface area contributed by atoms with Gasteiger partial charge in [0.1, 0.15) is 11.3 Å². The van der Waals surface area contributed by atoms with E-state index in [9.17, 15) is 4.79 Å². The summed E-state index contributed by atoms with van der Waals surface area (Å²) < 4.78 is 20.0. The van der Waals surface area contributed by atoms with Crippen LogP contribution in [0, 0.1) is 15.4 Å². The lowest BCUT2D eigenvalue weighted by Gasteiger charge is -2.43. The van der Waals surface area contributed by atoms with Gasteiger partial charge in [0.25, 0.3) is 8.32 Å². The van der Waals surface area contributed by atoms with Gasteiger partial charge >= 0.3 is 5.97 Å². The number of nitrogens with zero attached hydrogens (tertiary/aromatic N) is 1. The Morgan fingerprint density at radius 1 is 0.977 bits per heavy atom. The molecule has 0 amide bonds. The second-order valence-corrected chi connectivity index (χ2v) is 20.4. The molecule has 5 nitrogen and oxygen atoms in total. The van der Waals surface area contributed by atoms with Crippen LogP contribution in [0.25, 0.3) is 0 Å². The van der Waals surface area contributed by atoms with Gasteiger partial charge in [-0.2, -0.15) is 0 Å². The average molecular weight is 730 g/mol. The summed E-state index contributed by atoms with van der Waals surface area (Å²) in [6.07, 6.45) is 5.42. The summed E-state index contributed by atoms with van der Waals surface area (Å²) in [5, 5.41) is 7.06. The highest BCUT2D eigenvalue weighted by Gasteiger charge is 2.50. The predicted octanol–water partition coefficient (Wildman–Crippen LogP) is 8.99. The molecule has 1 heterocycles. The second kappa shape index (κ2) is 14.6. The smallest absolute Gasteiger partial charge is 0.306 e. The number of carbonyl (C=O) groups excluding carboxylic acids is 1. The van der Waals surface area contributed by atoms with E-state index in [1.54, 1.807) is 0 Å². The van der Waals surface area contributed by atoms with Crippen molar-refractivity contribution in [3.8, 4) is 0 Å². The monoisotopic (exact) mass is 729 g/mol. The van der Waals surface area contributed by atoms with Crippen LogP contribution in [0.3, 0.4) is 0 Å². The Bertz CT molecular complexity index is 1300. The average Bonchev–Trinajstić information content (AvgIpc) is 3.29. The van der Waals surface area contributed by atoms with Gasteiger partial charge in [-0.1, -0.05) is 100 Å². The van der Waals surface area contributed by atoms with Gasteiger partial charge in [-0.15, -0.1) is 0 Å². The van der Waals surface area contributed by atoms with Crippen LogP contribution < -0.4 is 10.4 Å². The lowest BCUT2D eigenvalue weighted by Crippen LogP contribution is -2.66. The number of esters is 1. The SMILES string of the molecule is CC(C)CC1CC(c2onc([C@@H](CCCO[Si](c3ccccc3)(c3ccccc3)C(C)(C)C)CC(=O)OC(C)(C)C)c2I)C1. The standard InChI is InChI=1S/C37H52INO4Si/c1-26(2)22-27-23-29(24-27)35-33(38)34(39-43-35)28(25-32(40)42-36(3,4)5)16-15-21-41-44(37(6,7)8,30-17-11-9-12-18-30)31-19-13-10-14-20-31/h9-14,17-20,26-29H,15-16,21-25H2,1-8H3/t27?,28-,29?/m0/s1. The highest BCUT2D eigenvalue weighted by atomic mass is 127. The molecule has 0 N–H and O–H groups in total. The summed E-state index contributed by atoms with van der Waals surface area (Å²) in [6, 6.07) is 21.5. The van der Waals surface area contributed by atoms with Gasteiger partial charge in [-0.25, -0.2) is 0 Å². The zero-order valence-corrected chi connectivity index (χ0v) is 31.1. The molecule has 1 saturated carbocycles. The zero-order chi connectivity index (χ0) is 32.1. The van der Waals surface area contributed by atoms with Gasteiger partial charge in [0.15, 0.2) is 5.76 Å². The molecule has 240 valence electrons. The van der Waals surface area contributed by atoms with E-state index in [-0.39, 0.29) is 23.3 Å². The number of hydrogen-bond acceptors (Lipinski definition) is 5. The van der Waals surface area contributed by atoms with Crippen molar-refractivity contribution in [3.05, 3.63) is 75.7 Å². The Kier molecular flexibility index (Phi) is 11.6. The van der Waals surface area contributed by atoms with E-state index in [2.05, 4.69) is 123 Å². The molecule has 0 unspecified atom stereocenters. The number of aromatic nitrogens is 1. The van der Waals surface area contributed by atoms with Crippen molar-refractivity contribution in [3.63, 3.8) is 0 Å². The van der Waals surface area contributed by atoms with Crippen molar-refractivity contribution in [2.45, 2.75) is 116 Å². The zero-order valence-electron chi connectivity index (χ0n) is 28.0. The fourth-order valence-corrected chi connectivity index (χ4v) is 12.5. The molecule has 7 heteroatoms. The number of carbonyl (C=O) groups is 1. The molecule has 1 atom stereocenters. The van der Waals surface area contributed by atoms with Crippen LogP contribution in [-0.4, -0.2) is 31.7 Å². The Labute approximate surface area is 280 Å². The molecule has 44 heavy (non-hydrogen) atoms. The highest BCUT2D eigenvalue weighted by molar-refractivity contribution is 14.1. The molecule has 0 radical (unpaired) electrons. The molecule has 0 spiro atoms. The molecule has 1 aromatic heterocycles. The molecule has 0 bridgehead atoms. The minimum Gasteiger partial charge on any atom is -0.460 e. The second-order valence-electron chi connectivity index (χ2n) is 15.1. The molecule has 2 aromatic carbocycles. The number of halogens is 1.